The van der Waals surface area contributed by atoms with E-state index in [0.29, 0.717) is 0 Å². The normalized spacial score (nSPS) is 30.6. The van der Waals surface area contributed by atoms with Crippen LogP contribution < -0.4 is 5.73 Å². The molecule has 0 radical (unpaired) electrons. The highest BCUT2D eigenvalue weighted by Gasteiger charge is 2.42. The van der Waals surface area contributed by atoms with E-state index in [0.717, 1.165) is 19.1 Å². The molecule has 1 atom stereocenters. The minimum Gasteiger partial charge on any atom is -0.375 e. The molecule has 1 saturated carbocycles. The van der Waals surface area contributed by atoms with Crippen molar-refractivity contribution in [2.75, 3.05) is 13.2 Å². The molecule has 1 aliphatic carbocycles. The third-order valence-electron chi connectivity index (χ3n) is 4.89. The molecule has 2 nitrogen and oxygen atoms in total. The first-order valence-corrected chi connectivity index (χ1v) is 6.92. The Balaban J connectivity index is 2.03. The Morgan fingerprint density at radius 1 is 1.25 bits per heavy atom. The zero-order valence-corrected chi connectivity index (χ0v) is 10.9. The van der Waals surface area contributed by atoms with Gasteiger partial charge in [0.25, 0.3) is 0 Å². The van der Waals surface area contributed by atoms with E-state index in [1.807, 2.05) is 0 Å². The number of hydrogen-bond donors (Lipinski definition) is 1. The molecule has 2 N–H and O–H groups in total. The van der Waals surface area contributed by atoms with Gasteiger partial charge in [0.15, 0.2) is 0 Å². The lowest BCUT2D eigenvalue weighted by Crippen LogP contribution is -2.46. The summed E-state index contributed by atoms with van der Waals surface area (Å²) in [5.74, 6) is 0.754. The molecular weight excluding hydrogens is 198 g/mol. The minimum atomic E-state index is 0.230. The van der Waals surface area contributed by atoms with E-state index in [1.165, 1.54) is 44.9 Å². The van der Waals surface area contributed by atoms with Gasteiger partial charge in [-0.2, -0.15) is 0 Å². The standard InChI is InChI=1S/C14H27NO/c1-13(2,11-15)12-6-9-16-14(10-12)7-4-3-5-8-14/h12H,3-11,15H2,1-2H3. The van der Waals surface area contributed by atoms with Gasteiger partial charge in [0.05, 0.1) is 5.60 Å². The van der Waals surface area contributed by atoms with Crippen LogP contribution in [0.3, 0.4) is 0 Å². The molecule has 1 unspecified atom stereocenters. The number of ether oxygens (including phenoxy) is 1. The summed E-state index contributed by atoms with van der Waals surface area (Å²) in [6.45, 7) is 6.39. The fourth-order valence-electron chi connectivity index (χ4n) is 3.41. The zero-order chi connectivity index (χ0) is 11.6. The minimum absolute atomic E-state index is 0.230. The molecule has 0 aromatic carbocycles. The lowest BCUT2D eigenvalue weighted by atomic mass is 9.67. The SMILES string of the molecule is CC(C)(CN)C1CCOC2(CCCCC2)C1. The van der Waals surface area contributed by atoms with E-state index < -0.39 is 0 Å². The van der Waals surface area contributed by atoms with Gasteiger partial charge in [-0.1, -0.05) is 33.1 Å². The molecule has 0 aromatic heterocycles. The van der Waals surface area contributed by atoms with Gasteiger partial charge in [0, 0.05) is 6.61 Å². The van der Waals surface area contributed by atoms with E-state index in [4.69, 9.17) is 10.5 Å². The van der Waals surface area contributed by atoms with Crippen molar-refractivity contribution in [2.45, 2.75) is 64.4 Å². The monoisotopic (exact) mass is 225 g/mol. The molecule has 1 spiro atoms. The van der Waals surface area contributed by atoms with E-state index in [-0.39, 0.29) is 11.0 Å². The number of nitrogens with two attached hydrogens (primary N) is 1. The largest absolute Gasteiger partial charge is 0.375 e. The highest BCUT2D eigenvalue weighted by atomic mass is 16.5. The molecular formula is C14H27NO. The van der Waals surface area contributed by atoms with Crippen molar-refractivity contribution < 1.29 is 4.74 Å². The maximum Gasteiger partial charge on any atom is 0.0685 e. The fraction of sp³-hybridized carbons (Fsp3) is 1.00. The average Bonchev–Trinajstić information content (AvgIpc) is 2.30. The third kappa shape index (κ3) is 2.43. The van der Waals surface area contributed by atoms with E-state index in [2.05, 4.69) is 13.8 Å². The number of rotatable bonds is 2. The molecule has 2 rings (SSSR count). The van der Waals surface area contributed by atoms with Crippen LogP contribution >= 0.6 is 0 Å². The van der Waals surface area contributed by atoms with E-state index in [9.17, 15) is 0 Å². The van der Waals surface area contributed by atoms with Crippen LogP contribution in [0.15, 0.2) is 0 Å². The topological polar surface area (TPSA) is 35.2 Å². The molecule has 0 bridgehead atoms. The second-order valence-electron chi connectivity index (χ2n) is 6.47. The number of hydrogen-bond acceptors (Lipinski definition) is 2. The van der Waals surface area contributed by atoms with Crippen LogP contribution in [-0.4, -0.2) is 18.8 Å². The Kier molecular flexibility index (Phi) is 3.60. The highest BCUT2D eigenvalue weighted by Crippen LogP contribution is 2.45. The second-order valence-corrected chi connectivity index (χ2v) is 6.47. The van der Waals surface area contributed by atoms with Crippen molar-refractivity contribution in [3.8, 4) is 0 Å². The van der Waals surface area contributed by atoms with Gasteiger partial charge in [0.2, 0.25) is 0 Å². The van der Waals surface area contributed by atoms with Crippen LogP contribution in [0.4, 0.5) is 0 Å². The van der Waals surface area contributed by atoms with Crippen molar-refractivity contribution in [1.29, 1.82) is 0 Å². The fourth-order valence-corrected chi connectivity index (χ4v) is 3.41. The van der Waals surface area contributed by atoms with E-state index >= 15 is 0 Å². The quantitative estimate of drug-likeness (QED) is 0.783. The summed E-state index contributed by atoms with van der Waals surface area (Å²) in [5, 5.41) is 0. The predicted molar refractivity (Wildman–Crippen MR) is 67.3 cm³/mol. The highest BCUT2D eigenvalue weighted by molar-refractivity contribution is 4.93. The van der Waals surface area contributed by atoms with Crippen LogP contribution in [-0.2, 0) is 4.74 Å². The van der Waals surface area contributed by atoms with Crippen molar-refractivity contribution >= 4 is 0 Å². The second kappa shape index (κ2) is 4.66. The summed E-state index contributed by atoms with van der Waals surface area (Å²) in [6, 6.07) is 0. The van der Waals surface area contributed by atoms with Gasteiger partial charge in [-0.05, 0) is 43.6 Å². The summed E-state index contributed by atoms with van der Waals surface area (Å²) < 4.78 is 6.14. The van der Waals surface area contributed by atoms with Gasteiger partial charge < -0.3 is 10.5 Å². The van der Waals surface area contributed by atoms with Gasteiger partial charge >= 0.3 is 0 Å². The van der Waals surface area contributed by atoms with Crippen LogP contribution in [0, 0.1) is 11.3 Å². The van der Waals surface area contributed by atoms with Crippen molar-refractivity contribution in [2.24, 2.45) is 17.1 Å². The molecule has 2 aliphatic rings. The summed E-state index contributed by atoms with van der Waals surface area (Å²) in [6.07, 6.45) is 9.12. The Morgan fingerprint density at radius 2 is 1.94 bits per heavy atom. The van der Waals surface area contributed by atoms with Crippen LogP contribution in [0.2, 0.25) is 0 Å². The summed E-state index contributed by atoms with van der Waals surface area (Å²) in [4.78, 5) is 0. The van der Waals surface area contributed by atoms with Crippen LogP contribution in [0.25, 0.3) is 0 Å². The Labute approximate surface area is 99.9 Å². The third-order valence-corrected chi connectivity index (χ3v) is 4.89. The van der Waals surface area contributed by atoms with Crippen LogP contribution in [0.5, 0.6) is 0 Å². The molecule has 2 fully saturated rings. The van der Waals surface area contributed by atoms with Gasteiger partial charge in [-0.15, -0.1) is 0 Å². The molecule has 2 heteroatoms. The first kappa shape index (κ1) is 12.4. The molecule has 0 amide bonds. The molecule has 1 heterocycles. The van der Waals surface area contributed by atoms with E-state index in [1.54, 1.807) is 0 Å². The lowest BCUT2D eigenvalue weighted by Gasteiger charge is -2.47. The smallest absolute Gasteiger partial charge is 0.0685 e. The summed E-state index contributed by atoms with van der Waals surface area (Å²) in [7, 11) is 0. The Bertz CT molecular complexity index is 225. The Hall–Kier alpha value is -0.0800. The van der Waals surface area contributed by atoms with Crippen LogP contribution in [0.1, 0.15) is 58.8 Å². The first-order valence-electron chi connectivity index (χ1n) is 6.92. The zero-order valence-electron chi connectivity index (χ0n) is 10.9. The molecule has 1 aliphatic heterocycles. The molecule has 1 saturated heterocycles. The Morgan fingerprint density at radius 3 is 2.56 bits per heavy atom. The summed E-state index contributed by atoms with van der Waals surface area (Å²) >= 11 is 0. The van der Waals surface area contributed by atoms with Gasteiger partial charge in [0.1, 0.15) is 0 Å². The molecule has 94 valence electrons. The lowest BCUT2D eigenvalue weighted by molar-refractivity contribution is -0.132. The van der Waals surface area contributed by atoms with Gasteiger partial charge in [-0.3, -0.25) is 0 Å². The molecule has 16 heavy (non-hydrogen) atoms. The molecule has 0 aromatic rings. The predicted octanol–water partition coefficient (Wildman–Crippen LogP) is 3.10. The van der Waals surface area contributed by atoms with Crippen molar-refractivity contribution in [1.82, 2.24) is 0 Å². The van der Waals surface area contributed by atoms with Gasteiger partial charge in [-0.25, -0.2) is 0 Å². The maximum absolute atomic E-state index is 6.14. The van der Waals surface area contributed by atoms with Crippen molar-refractivity contribution in [3.63, 3.8) is 0 Å². The summed E-state index contributed by atoms with van der Waals surface area (Å²) in [5.41, 5.74) is 6.43. The first-order chi connectivity index (χ1) is 7.58. The van der Waals surface area contributed by atoms with Crippen molar-refractivity contribution in [3.05, 3.63) is 0 Å². The maximum atomic E-state index is 6.14. The average molecular weight is 225 g/mol.